The largest absolute Gasteiger partial charge is 0.490 e. The molecule has 0 spiro atoms. The number of ether oxygens (including phenoxy) is 2. The summed E-state index contributed by atoms with van der Waals surface area (Å²) in [4.78, 5) is 13.5. The van der Waals surface area contributed by atoms with Gasteiger partial charge >= 0.3 is 6.09 Å². The molecule has 2 aromatic carbocycles. The number of amides is 1. The van der Waals surface area contributed by atoms with Gasteiger partial charge in [-0.15, -0.1) is 0 Å². The Morgan fingerprint density at radius 1 is 1.23 bits per heavy atom. The van der Waals surface area contributed by atoms with E-state index in [1.165, 1.54) is 5.56 Å². The van der Waals surface area contributed by atoms with Gasteiger partial charge in [0.1, 0.15) is 18.5 Å². The zero-order valence-electron chi connectivity index (χ0n) is 15.4. The number of benzene rings is 2. The highest BCUT2D eigenvalue weighted by Crippen LogP contribution is 2.48. The Hall–Kier alpha value is -2.69. The van der Waals surface area contributed by atoms with Crippen molar-refractivity contribution in [2.75, 3.05) is 25.1 Å². The first-order chi connectivity index (χ1) is 12.3. The number of rotatable bonds is 2. The normalized spacial score (nSPS) is 20.1. The van der Waals surface area contributed by atoms with Crippen LogP contribution in [0.3, 0.4) is 0 Å². The summed E-state index contributed by atoms with van der Waals surface area (Å²) < 4.78 is 11.2. The lowest BCUT2D eigenvalue weighted by Gasteiger charge is -2.28. The number of carbonyl (C=O) groups is 1. The SMILES string of the molecule is CN1CCOc2cc(-c3ccc4c(c3)CC(C)(C)C4OC(N)=O)ccc21. The first kappa shape index (κ1) is 16.8. The maximum Gasteiger partial charge on any atom is 0.405 e. The molecule has 5 heteroatoms. The van der Waals surface area contributed by atoms with E-state index in [0.29, 0.717) is 6.61 Å². The van der Waals surface area contributed by atoms with Gasteiger partial charge in [0.05, 0.1) is 12.2 Å². The fourth-order valence-electron chi connectivity index (χ4n) is 4.08. The van der Waals surface area contributed by atoms with Crippen molar-refractivity contribution in [1.82, 2.24) is 0 Å². The van der Waals surface area contributed by atoms with Gasteiger partial charge in [0.15, 0.2) is 0 Å². The first-order valence-corrected chi connectivity index (χ1v) is 8.92. The predicted octanol–water partition coefficient (Wildman–Crippen LogP) is 3.90. The van der Waals surface area contributed by atoms with Crippen molar-refractivity contribution >= 4 is 11.8 Å². The number of carbonyl (C=O) groups excluding carboxylic acids is 1. The third-order valence-electron chi connectivity index (χ3n) is 5.40. The molecule has 136 valence electrons. The van der Waals surface area contributed by atoms with E-state index >= 15 is 0 Å². The number of primary amides is 1. The Morgan fingerprint density at radius 3 is 2.73 bits per heavy atom. The van der Waals surface area contributed by atoms with Crippen LogP contribution in [-0.4, -0.2) is 26.3 Å². The van der Waals surface area contributed by atoms with E-state index in [2.05, 4.69) is 62.2 Å². The average molecular weight is 352 g/mol. The lowest BCUT2D eigenvalue weighted by molar-refractivity contribution is 0.0392. The maximum atomic E-state index is 11.3. The minimum atomic E-state index is -0.726. The number of likely N-dealkylation sites (N-methyl/N-ethyl adjacent to an activating group) is 1. The molecular weight excluding hydrogens is 328 g/mol. The second-order valence-corrected chi connectivity index (χ2v) is 7.85. The van der Waals surface area contributed by atoms with Crippen LogP contribution < -0.4 is 15.4 Å². The smallest absolute Gasteiger partial charge is 0.405 e. The third kappa shape index (κ3) is 2.77. The number of fused-ring (bicyclic) bond motifs is 2. The highest BCUT2D eigenvalue weighted by atomic mass is 16.6. The van der Waals surface area contributed by atoms with Gasteiger partial charge in [0.25, 0.3) is 0 Å². The Morgan fingerprint density at radius 2 is 1.96 bits per heavy atom. The monoisotopic (exact) mass is 352 g/mol. The van der Waals surface area contributed by atoms with E-state index < -0.39 is 6.09 Å². The second kappa shape index (κ2) is 5.94. The molecule has 4 rings (SSSR count). The summed E-state index contributed by atoms with van der Waals surface area (Å²) in [6.07, 6.45) is -0.182. The van der Waals surface area contributed by atoms with Crippen LogP contribution in [0.5, 0.6) is 5.75 Å². The van der Waals surface area contributed by atoms with Gasteiger partial charge in [0, 0.05) is 12.5 Å². The molecule has 0 saturated carbocycles. The van der Waals surface area contributed by atoms with Gasteiger partial charge < -0.3 is 20.1 Å². The molecular formula is C21H24N2O3. The Balaban J connectivity index is 1.70. The van der Waals surface area contributed by atoms with Crippen molar-refractivity contribution in [1.29, 1.82) is 0 Å². The van der Waals surface area contributed by atoms with Crippen LogP contribution in [0.2, 0.25) is 0 Å². The van der Waals surface area contributed by atoms with Crippen molar-refractivity contribution in [2.24, 2.45) is 11.1 Å². The van der Waals surface area contributed by atoms with Crippen LogP contribution in [0.1, 0.15) is 31.1 Å². The van der Waals surface area contributed by atoms with Crippen molar-refractivity contribution < 1.29 is 14.3 Å². The van der Waals surface area contributed by atoms with Gasteiger partial charge in [0.2, 0.25) is 0 Å². The highest BCUT2D eigenvalue weighted by molar-refractivity contribution is 5.73. The van der Waals surface area contributed by atoms with Gasteiger partial charge in [-0.2, -0.15) is 0 Å². The van der Waals surface area contributed by atoms with E-state index in [1.54, 1.807) is 0 Å². The molecule has 2 N–H and O–H groups in total. The molecule has 26 heavy (non-hydrogen) atoms. The maximum absolute atomic E-state index is 11.3. The quantitative estimate of drug-likeness (QED) is 0.890. The van der Waals surface area contributed by atoms with E-state index in [-0.39, 0.29) is 11.5 Å². The molecule has 0 bridgehead atoms. The van der Waals surface area contributed by atoms with E-state index in [0.717, 1.165) is 41.1 Å². The highest BCUT2D eigenvalue weighted by Gasteiger charge is 2.41. The van der Waals surface area contributed by atoms with Gasteiger partial charge in [-0.3, -0.25) is 0 Å². The van der Waals surface area contributed by atoms with Crippen LogP contribution in [0.15, 0.2) is 36.4 Å². The molecule has 5 nitrogen and oxygen atoms in total. The lowest BCUT2D eigenvalue weighted by atomic mass is 9.87. The Bertz CT molecular complexity index is 876. The molecule has 0 aromatic heterocycles. The summed E-state index contributed by atoms with van der Waals surface area (Å²) in [6.45, 7) is 5.81. The van der Waals surface area contributed by atoms with E-state index in [4.69, 9.17) is 15.2 Å². The van der Waals surface area contributed by atoms with Crippen LogP contribution in [0.4, 0.5) is 10.5 Å². The van der Waals surface area contributed by atoms with Crippen molar-refractivity contribution in [2.45, 2.75) is 26.4 Å². The number of hydrogen-bond donors (Lipinski definition) is 1. The summed E-state index contributed by atoms with van der Waals surface area (Å²) in [5.41, 5.74) is 10.7. The molecule has 0 saturated heterocycles. The summed E-state index contributed by atoms with van der Waals surface area (Å²) in [6, 6.07) is 12.7. The topological polar surface area (TPSA) is 64.8 Å². The van der Waals surface area contributed by atoms with Crippen molar-refractivity contribution in [3.05, 3.63) is 47.5 Å². The van der Waals surface area contributed by atoms with Crippen molar-refractivity contribution in [3.63, 3.8) is 0 Å². The first-order valence-electron chi connectivity index (χ1n) is 8.92. The number of nitrogens with two attached hydrogens (primary N) is 1. The minimum absolute atomic E-state index is 0.169. The molecule has 1 aliphatic carbocycles. The molecule has 0 fully saturated rings. The molecule has 1 heterocycles. The van der Waals surface area contributed by atoms with Gasteiger partial charge in [-0.25, -0.2) is 4.79 Å². The summed E-state index contributed by atoms with van der Waals surface area (Å²) in [7, 11) is 2.08. The molecule has 2 aromatic rings. The lowest BCUT2D eigenvalue weighted by Crippen LogP contribution is -2.28. The minimum Gasteiger partial charge on any atom is -0.490 e. The third-order valence-corrected chi connectivity index (χ3v) is 5.40. The predicted molar refractivity (Wildman–Crippen MR) is 102 cm³/mol. The van der Waals surface area contributed by atoms with Gasteiger partial charge in [-0.1, -0.05) is 38.1 Å². The zero-order valence-corrected chi connectivity index (χ0v) is 15.4. The molecule has 1 unspecified atom stereocenters. The van der Waals surface area contributed by atoms with Crippen LogP contribution >= 0.6 is 0 Å². The van der Waals surface area contributed by atoms with E-state index in [9.17, 15) is 4.79 Å². The molecule has 1 atom stereocenters. The molecule has 1 amide bonds. The fourth-order valence-corrected chi connectivity index (χ4v) is 4.08. The summed E-state index contributed by atoms with van der Waals surface area (Å²) >= 11 is 0. The summed E-state index contributed by atoms with van der Waals surface area (Å²) in [5, 5.41) is 0. The van der Waals surface area contributed by atoms with Crippen LogP contribution in [0, 0.1) is 5.41 Å². The van der Waals surface area contributed by atoms with Crippen LogP contribution in [-0.2, 0) is 11.2 Å². The van der Waals surface area contributed by atoms with E-state index in [1.807, 2.05) is 0 Å². The number of anilines is 1. The Kier molecular flexibility index (Phi) is 3.83. The van der Waals surface area contributed by atoms with Crippen molar-refractivity contribution in [3.8, 4) is 16.9 Å². The van der Waals surface area contributed by atoms with Crippen LogP contribution in [0.25, 0.3) is 11.1 Å². The van der Waals surface area contributed by atoms with Gasteiger partial charge in [-0.05, 0) is 40.8 Å². The molecule has 1 aliphatic heterocycles. The Labute approximate surface area is 153 Å². The fraction of sp³-hybridized carbons (Fsp3) is 0.381. The number of hydrogen-bond acceptors (Lipinski definition) is 4. The standard InChI is InChI=1S/C21H24N2O3/c1-21(2)12-15-10-13(4-6-16(15)19(21)26-20(22)24)14-5-7-17-18(11-14)25-9-8-23(17)3/h4-7,10-11,19H,8-9,12H2,1-3H3,(H2,22,24). The molecule has 0 radical (unpaired) electrons. The molecule has 2 aliphatic rings. The zero-order chi connectivity index (χ0) is 18.5. The second-order valence-electron chi connectivity index (χ2n) is 7.85. The summed E-state index contributed by atoms with van der Waals surface area (Å²) in [5.74, 6) is 0.923. The number of nitrogens with zero attached hydrogens (tertiary/aromatic N) is 1. The average Bonchev–Trinajstić information content (AvgIpc) is 2.83.